The molecule has 0 bridgehead atoms. The van der Waals surface area contributed by atoms with Crippen molar-refractivity contribution in [3.05, 3.63) is 28.5 Å². The molecular weight excluding hydrogens is 274 g/mol. The smallest absolute Gasteiger partial charge is 0.339 e. The number of nitrogens with zero attached hydrogens (tertiary/aromatic N) is 1. The van der Waals surface area contributed by atoms with Gasteiger partial charge in [-0.3, -0.25) is 4.79 Å². The van der Waals surface area contributed by atoms with Crippen LogP contribution in [0.2, 0.25) is 5.15 Å². The minimum absolute atomic E-state index is 0.00293. The molecule has 0 amide bonds. The van der Waals surface area contributed by atoms with Gasteiger partial charge in [-0.05, 0) is 6.07 Å². The molecular formula is C12H10ClNO3S. The summed E-state index contributed by atoms with van der Waals surface area (Å²) >= 11 is 6.95. The Balaban J connectivity index is 2.87. The maximum atomic E-state index is 11.3. The number of carbonyl (C=O) groups is 2. The molecule has 0 aliphatic carbocycles. The molecule has 94 valence electrons. The van der Waals surface area contributed by atoms with Gasteiger partial charge in [0.1, 0.15) is 5.15 Å². The monoisotopic (exact) mass is 283 g/mol. The van der Waals surface area contributed by atoms with Crippen LogP contribution in [0.25, 0.3) is 0 Å². The maximum absolute atomic E-state index is 11.3. The van der Waals surface area contributed by atoms with Crippen LogP contribution in [0.5, 0.6) is 0 Å². The minimum Gasteiger partial charge on any atom is -0.465 e. The first-order chi connectivity index (χ1) is 8.54. The summed E-state index contributed by atoms with van der Waals surface area (Å²) < 4.78 is 4.57. The number of pyridine rings is 1. The van der Waals surface area contributed by atoms with Crippen molar-refractivity contribution in [2.24, 2.45) is 0 Å². The topological polar surface area (TPSA) is 56.3 Å². The van der Waals surface area contributed by atoms with E-state index in [9.17, 15) is 9.59 Å². The van der Waals surface area contributed by atoms with E-state index in [-0.39, 0.29) is 15.8 Å². The van der Waals surface area contributed by atoms with E-state index < -0.39 is 5.97 Å². The molecule has 0 atom stereocenters. The Morgan fingerprint density at radius 3 is 2.89 bits per heavy atom. The first-order valence-electron chi connectivity index (χ1n) is 4.90. The Labute approximate surface area is 114 Å². The van der Waals surface area contributed by atoms with Gasteiger partial charge < -0.3 is 4.74 Å². The van der Waals surface area contributed by atoms with Gasteiger partial charge in [-0.1, -0.05) is 35.2 Å². The number of halogens is 1. The second-order valence-electron chi connectivity index (χ2n) is 3.14. The molecule has 4 nitrogen and oxygen atoms in total. The Morgan fingerprint density at radius 1 is 1.56 bits per heavy atom. The number of rotatable bonds is 2. The molecule has 0 saturated heterocycles. The van der Waals surface area contributed by atoms with E-state index >= 15 is 0 Å². The lowest BCUT2D eigenvalue weighted by atomic mass is 10.2. The normalized spacial score (nSPS) is 9.28. The predicted octanol–water partition coefficient (Wildman–Crippen LogP) is 2.15. The van der Waals surface area contributed by atoms with Crippen molar-refractivity contribution in [1.29, 1.82) is 0 Å². The van der Waals surface area contributed by atoms with E-state index in [1.54, 1.807) is 0 Å². The summed E-state index contributed by atoms with van der Waals surface area (Å²) in [6.45, 7) is 1.47. The van der Waals surface area contributed by atoms with Crippen molar-refractivity contribution in [1.82, 2.24) is 4.98 Å². The van der Waals surface area contributed by atoms with E-state index in [4.69, 9.17) is 11.6 Å². The number of carbonyl (C=O) groups excluding carboxylic acids is 2. The summed E-state index contributed by atoms with van der Waals surface area (Å²) in [4.78, 5) is 25.8. The van der Waals surface area contributed by atoms with Crippen LogP contribution in [0, 0.1) is 11.8 Å². The summed E-state index contributed by atoms with van der Waals surface area (Å²) in [5.74, 6) is 5.41. The molecule has 0 aromatic carbocycles. The summed E-state index contributed by atoms with van der Waals surface area (Å²) in [7, 11) is 1.28. The van der Waals surface area contributed by atoms with Crippen molar-refractivity contribution in [2.45, 2.75) is 6.92 Å². The summed E-state index contributed by atoms with van der Waals surface area (Å²) in [6, 6.07) is 1.51. The Morgan fingerprint density at radius 2 is 2.28 bits per heavy atom. The van der Waals surface area contributed by atoms with Crippen molar-refractivity contribution < 1.29 is 14.3 Å². The first kappa shape index (κ1) is 14.6. The third kappa shape index (κ3) is 4.40. The highest BCUT2D eigenvalue weighted by molar-refractivity contribution is 8.13. The zero-order valence-corrected chi connectivity index (χ0v) is 11.4. The van der Waals surface area contributed by atoms with Crippen LogP contribution in [-0.2, 0) is 9.53 Å². The number of aromatic nitrogens is 1. The molecule has 1 aromatic heterocycles. The van der Waals surface area contributed by atoms with Crippen LogP contribution in [0.4, 0.5) is 0 Å². The fraction of sp³-hybridized carbons (Fsp3) is 0.250. The van der Waals surface area contributed by atoms with Gasteiger partial charge in [0, 0.05) is 13.1 Å². The summed E-state index contributed by atoms with van der Waals surface area (Å²) in [6.07, 6.45) is 1.32. The van der Waals surface area contributed by atoms with E-state index in [0.29, 0.717) is 11.3 Å². The Bertz CT molecular complexity index is 534. The summed E-state index contributed by atoms with van der Waals surface area (Å²) in [5.41, 5.74) is 0.717. The van der Waals surface area contributed by atoms with Crippen LogP contribution in [0.15, 0.2) is 12.3 Å². The lowest BCUT2D eigenvalue weighted by Crippen LogP contribution is -2.02. The average Bonchev–Trinajstić information content (AvgIpc) is 2.35. The molecule has 18 heavy (non-hydrogen) atoms. The molecule has 6 heteroatoms. The molecule has 1 aromatic rings. The lowest BCUT2D eigenvalue weighted by molar-refractivity contribution is -0.109. The summed E-state index contributed by atoms with van der Waals surface area (Å²) in [5, 5.41) is 0.208. The highest BCUT2D eigenvalue weighted by Crippen LogP contribution is 2.14. The molecule has 0 spiro atoms. The fourth-order valence-corrected chi connectivity index (χ4v) is 1.53. The van der Waals surface area contributed by atoms with E-state index in [0.717, 1.165) is 11.8 Å². The highest BCUT2D eigenvalue weighted by Gasteiger charge is 2.08. The van der Waals surface area contributed by atoms with Gasteiger partial charge >= 0.3 is 5.97 Å². The van der Waals surface area contributed by atoms with Crippen molar-refractivity contribution >= 4 is 34.4 Å². The Kier molecular flexibility index (Phi) is 5.69. The van der Waals surface area contributed by atoms with Gasteiger partial charge in [0.25, 0.3) is 0 Å². The zero-order chi connectivity index (χ0) is 13.5. The number of methoxy groups -OCH3 is 1. The largest absolute Gasteiger partial charge is 0.465 e. The molecule has 1 heterocycles. The average molecular weight is 284 g/mol. The molecule has 0 unspecified atom stereocenters. The SMILES string of the molecule is COC(=O)c1cnc(Cl)c(C#CCSC(C)=O)c1. The van der Waals surface area contributed by atoms with Crippen LogP contribution in [0.1, 0.15) is 22.8 Å². The third-order valence-electron chi connectivity index (χ3n) is 1.83. The molecule has 0 N–H and O–H groups in total. The standard InChI is InChI=1S/C12H10ClNO3S/c1-8(15)18-5-3-4-9-6-10(12(16)17-2)7-14-11(9)13/h6-7H,5H2,1-2H3. The fourth-order valence-electron chi connectivity index (χ4n) is 1.03. The van der Waals surface area contributed by atoms with Crippen LogP contribution < -0.4 is 0 Å². The van der Waals surface area contributed by atoms with Gasteiger partial charge in [0.05, 0.1) is 24.0 Å². The first-order valence-corrected chi connectivity index (χ1v) is 6.27. The number of hydrogen-bond donors (Lipinski definition) is 0. The van der Waals surface area contributed by atoms with E-state index in [2.05, 4.69) is 21.6 Å². The van der Waals surface area contributed by atoms with Crippen LogP contribution in [0.3, 0.4) is 0 Å². The van der Waals surface area contributed by atoms with Gasteiger partial charge in [0.2, 0.25) is 0 Å². The molecule has 0 aliphatic heterocycles. The van der Waals surface area contributed by atoms with Crippen LogP contribution in [-0.4, -0.2) is 28.9 Å². The van der Waals surface area contributed by atoms with Gasteiger partial charge in [-0.2, -0.15) is 0 Å². The third-order valence-corrected chi connectivity index (χ3v) is 2.83. The molecule has 0 fully saturated rings. The van der Waals surface area contributed by atoms with Crippen LogP contribution >= 0.6 is 23.4 Å². The van der Waals surface area contributed by atoms with Gasteiger partial charge in [-0.25, -0.2) is 9.78 Å². The van der Waals surface area contributed by atoms with Crippen molar-refractivity contribution in [3.8, 4) is 11.8 Å². The Hall–Kier alpha value is -1.51. The second kappa shape index (κ2) is 7.04. The minimum atomic E-state index is -0.500. The quantitative estimate of drug-likeness (QED) is 0.473. The maximum Gasteiger partial charge on any atom is 0.339 e. The van der Waals surface area contributed by atoms with E-state index in [1.807, 2.05) is 0 Å². The van der Waals surface area contributed by atoms with Crippen molar-refractivity contribution in [2.75, 3.05) is 12.9 Å². The molecule has 0 aliphatic rings. The lowest BCUT2D eigenvalue weighted by Gasteiger charge is -2.00. The molecule has 0 radical (unpaired) electrons. The van der Waals surface area contributed by atoms with Crippen molar-refractivity contribution in [3.63, 3.8) is 0 Å². The number of hydrogen-bond acceptors (Lipinski definition) is 5. The zero-order valence-electron chi connectivity index (χ0n) is 9.82. The number of ether oxygens (including phenoxy) is 1. The predicted molar refractivity (Wildman–Crippen MR) is 70.6 cm³/mol. The van der Waals surface area contributed by atoms with Gasteiger partial charge in [-0.15, -0.1) is 0 Å². The highest BCUT2D eigenvalue weighted by atomic mass is 35.5. The second-order valence-corrected chi connectivity index (χ2v) is 4.65. The number of esters is 1. The molecule has 0 saturated carbocycles. The van der Waals surface area contributed by atoms with Gasteiger partial charge in [0.15, 0.2) is 5.12 Å². The molecule has 1 rings (SSSR count). The van der Waals surface area contributed by atoms with E-state index in [1.165, 1.54) is 26.3 Å². The number of thioether (sulfide) groups is 1.